The largest absolute Gasteiger partial charge is 0.507 e. The Bertz CT molecular complexity index is 1560. The zero-order chi connectivity index (χ0) is 23.7. The van der Waals surface area contributed by atoms with Crippen molar-refractivity contribution in [2.24, 2.45) is 0 Å². The first kappa shape index (κ1) is 21.6. The molecular weight excluding hydrogens is 446 g/mol. The van der Waals surface area contributed by atoms with E-state index in [0.29, 0.717) is 28.3 Å². The van der Waals surface area contributed by atoms with Gasteiger partial charge in [-0.15, -0.1) is 0 Å². The second kappa shape index (κ2) is 8.96. The van der Waals surface area contributed by atoms with Gasteiger partial charge in [-0.3, -0.25) is 10.1 Å². The van der Waals surface area contributed by atoms with Gasteiger partial charge in [0.1, 0.15) is 11.3 Å². The van der Waals surface area contributed by atoms with Crippen LogP contribution in [0, 0.1) is 0 Å². The van der Waals surface area contributed by atoms with E-state index in [1.807, 2.05) is 54.6 Å². The molecule has 6 nitrogen and oxygen atoms in total. The third-order valence-electron chi connectivity index (χ3n) is 5.58. The molecule has 168 valence electrons. The van der Waals surface area contributed by atoms with Crippen LogP contribution in [0.5, 0.6) is 5.75 Å². The topological polar surface area (TPSA) is 87.4 Å². The van der Waals surface area contributed by atoms with Gasteiger partial charge in [0.25, 0.3) is 5.91 Å². The van der Waals surface area contributed by atoms with Crippen LogP contribution in [0.1, 0.15) is 22.8 Å². The van der Waals surface area contributed by atoms with E-state index < -0.39 is 0 Å². The molecular formula is C27H21N3O3S. The Morgan fingerprint density at radius 3 is 2.62 bits per heavy atom. The van der Waals surface area contributed by atoms with Crippen LogP contribution in [0.3, 0.4) is 0 Å². The smallest absolute Gasteiger partial charge is 0.257 e. The molecule has 3 N–H and O–H groups in total. The summed E-state index contributed by atoms with van der Waals surface area (Å²) in [6, 6.07) is 24.1. The van der Waals surface area contributed by atoms with Gasteiger partial charge in [-0.2, -0.15) is 0 Å². The lowest BCUT2D eigenvalue weighted by atomic mass is 10.1. The van der Waals surface area contributed by atoms with Crippen LogP contribution in [0.15, 0.2) is 83.3 Å². The van der Waals surface area contributed by atoms with Crippen LogP contribution in [0.2, 0.25) is 0 Å². The van der Waals surface area contributed by atoms with Gasteiger partial charge < -0.3 is 14.8 Å². The monoisotopic (exact) mass is 467 g/mol. The van der Waals surface area contributed by atoms with Crippen LogP contribution in [-0.2, 0) is 6.42 Å². The van der Waals surface area contributed by atoms with Gasteiger partial charge in [-0.05, 0) is 71.4 Å². The highest BCUT2D eigenvalue weighted by atomic mass is 32.1. The number of thiocarbonyl (C=S) groups is 1. The number of phenolic OH excluding ortho intramolecular Hbond substituents is 1. The number of amides is 1. The van der Waals surface area contributed by atoms with Gasteiger partial charge in [0.05, 0.1) is 5.56 Å². The van der Waals surface area contributed by atoms with E-state index in [2.05, 4.69) is 22.5 Å². The van der Waals surface area contributed by atoms with E-state index >= 15 is 0 Å². The first-order chi connectivity index (χ1) is 16.5. The summed E-state index contributed by atoms with van der Waals surface area (Å²) in [5.41, 5.74) is 4.05. The number of benzene rings is 4. The summed E-state index contributed by atoms with van der Waals surface area (Å²) in [6.45, 7) is 2.08. The zero-order valence-electron chi connectivity index (χ0n) is 18.3. The predicted molar refractivity (Wildman–Crippen MR) is 138 cm³/mol. The molecule has 0 bridgehead atoms. The van der Waals surface area contributed by atoms with E-state index in [0.717, 1.165) is 28.3 Å². The molecule has 0 aliphatic heterocycles. The Labute approximate surface area is 201 Å². The summed E-state index contributed by atoms with van der Waals surface area (Å²) in [7, 11) is 0. The molecule has 0 saturated carbocycles. The minimum absolute atomic E-state index is 0.0177. The second-order valence-corrected chi connectivity index (χ2v) is 8.29. The lowest BCUT2D eigenvalue weighted by Gasteiger charge is -2.11. The quantitative estimate of drug-likeness (QED) is 0.279. The number of carbonyl (C=O) groups excluding carboxylic acids is 1. The SMILES string of the molecule is CCc1ccc2oc(-c3ccc(NC(=S)NC(=O)c4ccc5ccccc5c4)cc3O)nc2c1. The Balaban J connectivity index is 1.29. The van der Waals surface area contributed by atoms with Crippen molar-refractivity contribution in [1.29, 1.82) is 0 Å². The molecule has 0 aliphatic carbocycles. The fraction of sp³-hybridized carbons (Fsp3) is 0.0741. The molecule has 5 aromatic rings. The molecule has 0 spiro atoms. The molecule has 0 radical (unpaired) electrons. The summed E-state index contributed by atoms with van der Waals surface area (Å²) in [5, 5.41) is 18.3. The van der Waals surface area contributed by atoms with Crippen LogP contribution >= 0.6 is 12.2 Å². The maximum Gasteiger partial charge on any atom is 0.257 e. The van der Waals surface area contributed by atoms with Gasteiger partial charge in [-0.25, -0.2) is 4.98 Å². The van der Waals surface area contributed by atoms with Crippen molar-refractivity contribution < 1.29 is 14.3 Å². The van der Waals surface area contributed by atoms with E-state index in [1.54, 1.807) is 18.2 Å². The number of phenols is 1. The number of carbonyl (C=O) groups is 1. The van der Waals surface area contributed by atoms with Crippen molar-refractivity contribution in [1.82, 2.24) is 10.3 Å². The molecule has 34 heavy (non-hydrogen) atoms. The first-order valence-electron chi connectivity index (χ1n) is 10.8. The number of nitrogens with one attached hydrogen (secondary N) is 2. The fourth-order valence-corrected chi connectivity index (χ4v) is 3.98. The third-order valence-corrected chi connectivity index (χ3v) is 5.79. The number of hydrogen-bond acceptors (Lipinski definition) is 5. The molecule has 4 aromatic carbocycles. The third kappa shape index (κ3) is 4.33. The number of nitrogens with zero attached hydrogens (tertiary/aromatic N) is 1. The molecule has 1 heterocycles. The standard InChI is InChI=1S/C27H21N3O3S/c1-2-16-7-12-24-22(13-16)29-26(33-24)21-11-10-20(15-23(21)31)28-27(34)30-25(32)19-9-8-17-5-3-4-6-18(17)14-19/h3-15,31H,2H2,1H3,(H2,28,30,32,34). The van der Waals surface area contributed by atoms with Gasteiger partial charge >= 0.3 is 0 Å². The van der Waals surface area contributed by atoms with Crippen molar-refractivity contribution in [3.63, 3.8) is 0 Å². The molecule has 0 saturated heterocycles. The number of aromatic hydroxyl groups is 1. The summed E-state index contributed by atoms with van der Waals surface area (Å²) in [5.74, 6) is -0.00238. The van der Waals surface area contributed by atoms with E-state index in [9.17, 15) is 9.90 Å². The Morgan fingerprint density at radius 2 is 1.82 bits per heavy atom. The second-order valence-electron chi connectivity index (χ2n) is 7.88. The minimum atomic E-state index is -0.318. The number of oxazole rings is 1. The van der Waals surface area contributed by atoms with Crippen LogP contribution in [-0.4, -0.2) is 21.1 Å². The lowest BCUT2D eigenvalue weighted by Crippen LogP contribution is -2.34. The normalized spacial score (nSPS) is 11.0. The molecule has 7 heteroatoms. The molecule has 0 fully saturated rings. The average molecular weight is 468 g/mol. The number of aryl methyl sites for hydroxylation is 1. The lowest BCUT2D eigenvalue weighted by molar-refractivity contribution is 0.0978. The number of aromatic nitrogens is 1. The zero-order valence-corrected chi connectivity index (χ0v) is 19.1. The maximum atomic E-state index is 12.6. The van der Waals surface area contributed by atoms with Gasteiger partial charge in [0.2, 0.25) is 5.89 Å². The number of hydrogen-bond donors (Lipinski definition) is 3. The molecule has 5 rings (SSSR count). The Morgan fingerprint density at radius 1 is 1.00 bits per heavy atom. The number of fused-ring (bicyclic) bond motifs is 2. The van der Waals surface area contributed by atoms with Gasteiger partial charge in [-0.1, -0.05) is 43.3 Å². The minimum Gasteiger partial charge on any atom is -0.507 e. The van der Waals surface area contributed by atoms with Crippen molar-refractivity contribution in [2.45, 2.75) is 13.3 Å². The summed E-state index contributed by atoms with van der Waals surface area (Å²) in [4.78, 5) is 17.1. The molecule has 0 aliphatic rings. The van der Waals surface area contributed by atoms with Crippen LogP contribution < -0.4 is 10.6 Å². The molecule has 0 atom stereocenters. The highest BCUT2D eigenvalue weighted by Gasteiger charge is 2.14. The summed E-state index contributed by atoms with van der Waals surface area (Å²) >= 11 is 5.29. The summed E-state index contributed by atoms with van der Waals surface area (Å²) in [6.07, 6.45) is 0.904. The highest BCUT2D eigenvalue weighted by molar-refractivity contribution is 7.80. The van der Waals surface area contributed by atoms with Crippen LogP contribution in [0.25, 0.3) is 33.3 Å². The highest BCUT2D eigenvalue weighted by Crippen LogP contribution is 2.33. The molecule has 0 unspecified atom stereocenters. The van der Waals surface area contributed by atoms with E-state index in [1.165, 1.54) is 6.07 Å². The van der Waals surface area contributed by atoms with Gasteiger partial charge in [0, 0.05) is 17.3 Å². The van der Waals surface area contributed by atoms with Crippen molar-refractivity contribution in [2.75, 3.05) is 5.32 Å². The maximum absolute atomic E-state index is 12.6. The van der Waals surface area contributed by atoms with Crippen LogP contribution in [0.4, 0.5) is 5.69 Å². The Hall–Kier alpha value is -4.23. The number of anilines is 1. The number of rotatable bonds is 4. The average Bonchev–Trinajstić information content (AvgIpc) is 3.26. The fourth-order valence-electron chi connectivity index (χ4n) is 3.77. The molecule has 1 aromatic heterocycles. The van der Waals surface area contributed by atoms with Crippen molar-refractivity contribution >= 4 is 50.8 Å². The Kier molecular flexibility index (Phi) is 5.69. The predicted octanol–water partition coefficient (Wildman–Crippen LogP) is 6.04. The van der Waals surface area contributed by atoms with Crippen molar-refractivity contribution in [3.05, 3.63) is 90.0 Å². The summed E-state index contributed by atoms with van der Waals surface area (Å²) < 4.78 is 5.81. The van der Waals surface area contributed by atoms with E-state index in [4.69, 9.17) is 16.6 Å². The first-order valence-corrected chi connectivity index (χ1v) is 11.2. The van der Waals surface area contributed by atoms with Crippen molar-refractivity contribution in [3.8, 4) is 17.2 Å². The van der Waals surface area contributed by atoms with E-state index in [-0.39, 0.29) is 16.8 Å². The molecule has 1 amide bonds. The van der Waals surface area contributed by atoms with Gasteiger partial charge in [0.15, 0.2) is 10.7 Å².